The summed E-state index contributed by atoms with van der Waals surface area (Å²) in [6.07, 6.45) is 1.92. The third kappa shape index (κ3) is 5.10. The van der Waals surface area contributed by atoms with E-state index >= 15 is 0 Å². The normalized spacial score (nSPS) is 12.1. The summed E-state index contributed by atoms with van der Waals surface area (Å²) in [4.78, 5) is 24.7. The Bertz CT molecular complexity index is 709. The Morgan fingerprint density at radius 3 is 2.52 bits per heavy atom. The van der Waals surface area contributed by atoms with Crippen molar-refractivity contribution in [1.29, 1.82) is 0 Å². The fourth-order valence-corrected chi connectivity index (χ4v) is 2.76. The zero-order valence-electron chi connectivity index (χ0n) is 12.1. The second-order valence-corrected chi connectivity index (χ2v) is 6.31. The molecule has 23 heavy (non-hydrogen) atoms. The number of esters is 1. The molecule has 2 rings (SSSR count). The van der Waals surface area contributed by atoms with Gasteiger partial charge in [-0.05, 0) is 36.6 Å². The molecule has 0 aliphatic carbocycles. The van der Waals surface area contributed by atoms with Gasteiger partial charge in [-0.3, -0.25) is 4.79 Å². The predicted molar refractivity (Wildman–Crippen MR) is 94.0 cm³/mol. The van der Waals surface area contributed by atoms with E-state index in [4.69, 9.17) is 27.9 Å². The summed E-state index contributed by atoms with van der Waals surface area (Å²) in [6.45, 7) is 1.47. The molecular formula is C16H13Cl2NO3S. The highest BCUT2D eigenvalue weighted by atomic mass is 35.5. The molecule has 120 valence electrons. The molecule has 0 saturated carbocycles. The minimum Gasteiger partial charge on any atom is -0.449 e. The van der Waals surface area contributed by atoms with Crippen LogP contribution >= 0.6 is 34.5 Å². The highest BCUT2D eigenvalue weighted by Gasteiger charge is 2.18. The van der Waals surface area contributed by atoms with Gasteiger partial charge in [0.2, 0.25) is 0 Å². The van der Waals surface area contributed by atoms with Gasteiger partial charge in [0.15, 0.2) is 6.10 Å². The van der Waals surface area contributed by atoms with E-state index in [1.807, 2.05) is 17.5 Å². The molecule has 0 aliphatic heterocycles. The molecule has 7 heteroatoms. The molecule has 0 spiro atoms. The lowest BCUT2D eigenvalue weighted by Gasteiger charge is -2.14. The van der Waals surface area contributed by atoms with Gasteiger partial charge in [-0.25, -0.2) is 4.79 Å². The maximum atomic E-state index is 12.1. The fraction of sp³-hybridized carbons (Fsp3) is 0.125. The van der Waals surface area contributed by atoms with Gasteiger partial charge < -0.3 is 10.1 Å². The highest BCUT2D eigenvalue weighted by Crippen LogP contribution is 2.29. The first-order valence-corrected chi connectivity index (χ1v) is 8.28. The summed E-state index contributed by atoms with van der Waals surface area (Å²) in [5.74, 6) is -1.12. The van der Waals surface area contributed by atoms with E-state index in [9.17, 15) is 9.59 Å². The van der Waals surface area contributed by atoms with E-state index in [0.717, 1.165) is 4.88 Å². The molecule has 1 heterocycles. The van der Waals surface area contributed by atoms with Gasteiger partial charge in [0.1, 0.15) is 0 Å². The summed E-state index contributed by atoms with van der Waals surface area (Å²) >= 11 is 13.4. The number of rotatable bonds is 5. The lowest BCUT2D eigenvalue weighted by atomic mass is 10.3. The van der Waals surface area contributed by atoms with Gasteiger partial charge >= 0.3 is 5.97 Å². The van der Waals surface area contributed by atoms with Gasteiger partial charge in [0.25, 0.3) is 5.91 Å². The Morgan fingerprint density at radius 2 is 1.91 bits per heavy atom. The zero-order chi connectivity index (χ0) is 16.8. The number of ether oxygens (including phenoxy) is 1. The minimum atomic E-state index is -0.983. The summed E-state index contributed by atoms with van der Waals surface area (Å²) in [7, 11) is 0. The Balaban J connectivity index is 1.93. The van der Waals surface area contributed by atoms with Crippen molar-refractivity contribution in [3.8, 4) is 0 Å². The molecule has 1 N–H and O–H groups in total. The average Bonchev–Trinajstić information content (AvgIpc) is 3.02. The Hall–Kier alpha value is -1.82. The van der Waals surface area contributed by atoms with Gasteiger partial charge in [0.05, 0.1) is 15.7 Å². The van der Waals surface area contributed by atoms with Crippen molar-refractivity contribution in [1.82, 2.24) is 0 Å². The molecule has 4 nitrogen and oxygen atoms in total. The highest BCUT2D eigenvalue weighted by molar-refractivity contribution is 7.10. The third-order valence-electron chi connectivity index (χ3n) is 2.80. The summed E-state index contributed by atoms with van der Waals surface area (Å²) in [5, 5.41) is 5.06. The summed E-state index contributed by atoms with van der Waals surface area (Å²) < 4.78 is 5.04. The summed E-state index contributed by atoms with van der Waals surface area (Å²) in [5.41, 5.74) is 0.290. The molecule has 0 fully saturated rings. The average molecular weight is 370 g/mol. The number of amides is 1. The van der Waals surface area contributed by atoms with Crippen molar-refractivity contribution in [2.24, 2.45) is 0 Å². The summed E-state index contributed by atoms with van der Waals surface area (Å²) in [6, 6.07) is 8.61. The van der Waals surface area contributed by atoms with Gasteiger partial charge in [-0.2, -0.15) is 0 Å². The molecule has 2 aromatic rings. The standard InChI is InChI=1S/C16H13Cl2NO3S/c1-10(22-14(20)8-7-11-4-3-9-23-11)16(21)19-15-12(17)5-2-6-13(15)18/h2-10H,1H3,(H,19,21)/b8-7+/t10-/m1/s1. The molecule has 0 bridgehead atoms. The third-order valence-corrected chi connectivity index (χ3v) is 4.27. The maximum absolute atomic E-state index is 12.1. The van der Waals surface area contributed by atoms with Crippen molar-refractivity contribution in [2.75, 3.05) is 5.32 Å². The van der Waals surface area contributed by atoms with Crippen molar-refractivity contribution in [3.05, 3.63) is 56.7 Å². The maximum Gasteiger partial charge on any atom is 0.331 e. The van der Waals surface area contributed by atoms with Crippen molar-refractivity contribution in [3.63, 3.8) is 0 Å². The SMILES string of the molecule is C[C@@H](OC(=O)/C=C/c1cccs1)C(=O)Nc1c(Cl)cccc1Cl. The smallest absolute Gasteiger partial charge is 0.331 e. The van der Waals surface area contributed by atoms with Crippen LogP contribution in [0.25, 0.3) is 6.08 Å². The second-order valence-electron chi connectivity index (χ2n) is 4.51. The lowest BCUT2D eigenvalue weighted by molar-refractivity contribution is -0.148. The largest absolute Gasteiger partial charge is 0.449 e. The van der Waals surface area contributed by atoms with Crippen LogP contribution in [0, 0.1) is 0 Å². The number of hydrogen-bond donors (Lipinski definition) is 1. The van der Waals surface area contributed by atoms with Crippen molar-refractivity contribution < 1.29 is 14.3 Å². The number of thiophene rings is 1. The number of carbonyl (C=O) groups is 2. The van der Waals surface area contributed by atoms with Crippen LogP contribution in [0.4, 0.5) is 5.69 Å². The Kier molecular flexibility index (Phi) is 6.21. The number of carbonyl (C=O) groups excluding carboxylic acids is 2. The lowest BCUT2D eigenvalue weighted by Crippen LogP contribution is -2.29. The molecule has 0 unspecified atom stereocenters. The molecule has 1 amide bonds. The number of para-hydroxylation sites is 1. The van der Waals surface area contributed by atoms with Crippen LogP contribution in [0.15, 0.2) is 41.8 Å². The number of hydrogen-bond acceptors (Lipinski definition) is 4. The van der Waals surface area contributed by atoms with E-state index < -0.39 is 18.0 Å². The van der Waals surface area contributed by atoms with Gasteiger partial charge in [-0.15, -0.1) is 11.3 Å². The minimum absolute atomic E-state index is 0.290. The quantitative estimate of drug-likeness (QED) is 0.616. The van der Waals surface area contributed by atoms with Gasteiger partial charge in [-0.1, -0.05) is 35.3 Å². The van der Waals surface area contributed by atoms with Crippen LogP contribution in [0.5, 0.6) is 0 Å². The van der Waals surface area contributed by atoms with Crippen molar-refractivity contribution in [2.45, 2.75) is 13.0 Å². The van der Waals surface area contributed by atoms with Gasteiger partial charge in [0, 0.05) is 11.0 Å². The first kappa shape index (κ1) is 17.5. The van der Waals surface area contributed by atoms with E-state index in [1.54, 1.807) is 24.3 Å². The van der Waals surface area contributed by atoms with Crippen LogP contribution < -0.4 is 5.32 Å². The molecular weight excluding hydrogens is 357 g/mol. The van der Waals surface area contributed by atoms with Crippen LogP contribution in [0.1, 0.15) is 11.8 Å². The van der Waals surface area contributed by atoms with E-state index in [-0.39, 0.29) is 5.69 Å². The van der Waals surface area contributed by atoms with E-state index in [2.05, 4.69) is 5.32 Å². The zero-order valence-corrected chi connectivity index (χ0v) is 14.4. The molecule has 0 radical (unpaired) electrons. The van der Waals surface area contributed by atoms with Crippen LogP contribution in [-0.4, -0.2) is 18.0 Å². The Morgan fingerprint density at radius 1 is 1.22 bits per heavy atom. The molecule has 1 aromatic carbocycles. The fourth-order valence-electron chi connectivity index (χ4n) is 1.65. The second kappa shape index (κ2) is 8.15. The topological polar surface area (TPSA) is 55.4 Å². The van der Waals surface area contributed by atoms with Crippen LogP contribution in [0.2, 0.25) is 10.0 Å². The Labute approximate surface area is 147 Å². The molecule has 1 atom stereocenters. The monoisotopic (exact) mass is 369 g/mol. The first-order chi connectivity index (χ1) is 11.0. The molecule has 1 aromatic heterocycles. The number of benzene rings is 1. The molecule has 0 aliphatic rings. The van der Waals surface area contributed by atoms with Crippen LogP contribution in [0.3, 0.4) is 0 Å². The van der Waals surface area contributed by atoms with Crippen molar-refractivity contribution >= 4 is 58.2 Å². The number of anilines is 1. The van der Waals surface area contributed by atoms with E-state index in [1.165, 1.54) is 24.3 Å². The predicted octanol–water partition coefficient (Wildman–Crippen LogP) is 4.64. The van der Waals surface area contributed by atoms with E-state index in [0.29, 0.717) is 10.0 Å². The number of nitrogens with one attached hydrogen (secondary N) is 1. The molecule has 0 saturated heterocycles. The first-order valence-electron chi connectivity index (χ1n) is 6.64. The number of halogens is 2. The van der Waals surface area contributed by atoms with Crippen LogP contribution in [-0.2, 0) is 14.3 Å².